The average Bonchev–Trinajstić information content (AvgIpc) is 2.39. The molecule has 0 spiro atoms. The summed E-state index contributed by atoms with van der Waals surface area (Å²) in [5.41, 5.74) is 0.142. The van der Waals surface area contributed by atoms with Crippen molar-refractivity contribution in [1.29, 1.82) is 0 Å². The lowest BCUT2D eigenvalue weighted by molar-refractivity contribution is -0.173. The molecule has 4 nitrogen and oxygen atoms in total. The van der Waals surface area contributed by atoms with Crippen LogP contribution in [0.15, 0.2) is 0 Å². The molecular formula is C12H20N2O2. The lowest BCUT2D eigenvalue weighted by Crippen LogP contribution is -2.63. The number of rotatable bonds is 1. The first kappa shape index (κ1) is 10.5. The predicted molar refractivity (Wildman–Crippen MR) is 60.0 cm³/mol. The van der Waals surface area contributed by atoms with Crippen LogP contribution >= 0.6 is 0 Å². The molecule has 0 aromatic carbocycles. The fourth-order valence-corrected chi connectivity index (χ4v) is 3.90. The van der Waals surface area contributed by atoms with E-state index in [9.17, 15) is 4.79 Å². The number of ether oxygens (including phenoxy) is 1. The van der Waals surface area contributed by atoms with E-state index in [1.165, 1.54) is 20.0 Å². The Balaban J connectivity index is 1.89. The van der Waals surface area contributed by atoms with Gasteiger partial charge in [-0.2, -0.15) is 0 Å². The lowest BCUT2D eigenvalue weighted by atomic mass is 9.71. The minimum Gasteiger partial charge on any atom is -0.461 e. The summed E-state index contributed by atoms with van der Waals surface area (Å²) in [5, 5.41) is 0. The summed E-state index contributed by atoms with van der Waals surface area (Å²) in [5.74, 6) is 0.390. The maximum absolute atomic E-state index is 11.2. The minimum absolute atomic E-state index is 0.123. The number of carbonyl (C=O) groups excluding carboxylic acids is 1. The number of nitrogens with zero attached hydrogens (tertiary/aromatic N) is 2. The Morgan fingerprint density at radius 3 is 2.25 bits per heavy atom. The molecule has 90 valence electrons. The quantitative estimate of drug-likeness (QED) is 0.595. The molecule has 0 aromatic heterocycles. The number of piperidine rings is 2. The average molecular weight is 224 g/mol. The van der Waals surface area contributed by atoms with E-state index in [1.54, 1.807) is 0 Å². The molecule has 0 amide bonds. The van der Waals surface area contributed by atoms with Crippen molar-refractivity contribution in [3.8, 4) is 0 Å². The second-order valence-electron chi connectivity index (χ2n) is 5.91. The van der Waals surface area contributed by atoms with Gasteiger partial charge in [0.25, 0.3) is 0 Å². The number of carbonyl (C=O) groups is 1. The molecule has 4 bridgehead atoms. The molecule has 4 fully saturated rings. The number of esters is 1. The van der Waals surface area contributed by atoms with Crippen molar-refractivity contribution in [2.45, 2.75) is 20.0 Å². The van der Waals surface area contributed by atoms with E-state index < -0.39 is 0 Å². The van der Waals surface area contributed by atoms with Gasteiger partial charge in [-0.15, -0.1) is 0 Å². The molecule has 4 saturated heterocycles. The van der Waals surface area contributed by atoms with E-state index in [0.717, 1.165) is 26.2 Å². The lowest BCUT2D eigenvalue weighted by Gasteiger charge is -2.52. The van der Waals surface area contributed by atoms with Gasteiger partial charge in [0.1, 0.15) is 6.10 Å². The van der Waals surface area contributed by atoms with Crippen molar-refractivity contribution < 1.29 is 9.53 Å². The van der Waals surface area contributed by atoms with E-state index in [4.69, 9.17) is 4.74 Å². The van der Waals surface area contributed by atoms with Gasteiger partial charge in [-0.05, 0) is 0 Å². The normalized spacial score (nSPS) is 50.1. The van der Waals surface area contributed by atoms with Gasteiger partial charge in [-0.1, -0.05) is 6.92 Å². The summed E-state index contributed by atoms with van der Waals surface area (Å²) < 4.78 is 5.59. The van der Waals surface area contributed by atoms with Gasteiger partial charge < -0.3 is 14.5 Å². The van der Waals surface area contributed by atoms with Crippen molar-refractivity contribution in [3.05, 3.63) is 0 Å². The van der Waals surface area contributed by atoms with E-state index >= 15 is 0 Å². The molecule has 0 radical (unpaired) electrons. The highest BCUT2D eigenvalue weighted by Crippen LogP contribution is 2.42. The second kappa shape index (κ2) is 3.44. The maximum atomic E-state index is 11.2. The highest BCUT2D eigenvalue weighted by Gasteiger charge is 2.53. The molecule has 4 aliphatic rings. The zero-order chi connectivity index (χ0) is 11.3. The first-order chi connectivity index (χ1) is 7.57. The molecule has 0 aromatic rings. The topological polar surface area (TPSA) is 32.8 Å². The molecule has 4 aliphatic heterocycles. The molecule has 0 aliphatic carbocycles. The smallest absolute Gasteiger partial charge is 0.302 e. The van der Waals surface area contributed by atoms with Gasteiger partial charge >= 0.3 is 5.97 Å². The monoisotopic (exact) mass is 224 g/mol. The van der Waals surface area contributed by atoms with Crippen molar-refractivity contribution in [2.75, 3.05) is 39.3 Å². The van der Waals surface area contributed by atoms with E-state index in [0.29, 0.717) is 5.92 Å². The molecule has 0 saturated carbocycles. The van der Waals surface area contributed by atoms with Crippen LogP contribution in [-0.4, -0.2) is 61.1 Å². The van der Waals surface area contributed by atoms with Gasteiger partial charge in [-0.25, -0.2) is 0 Å². The van der Waals surface area contributed by atoms with E-state index in [1.807, 2.05) is 0 Å². The van der Waals surface area contributed by atoms with Gasteiger partial charge in [0.2, 0.25) is 0 Å². The zero-order valence-corrected chi connectivity index (χ0v) is 10.1. The Morgan fingerprint density at radius 2 is 1.81 bits per heavy atom. The van der Waals surface area contributed by atoms with Crippen LogP contribution in [0, 0.1) is 11.3 Å². The SMILES string of the molecule is CC(=O)OC1C2CN3CCN(C2)CC1(C)C3. The Labute approximate surface area is 96.5 Å². The molecule has 4 heteroatoms. The highest BCUT2D eigenvalue weighted by atomic mass is 16.5. The summed E-state index contributed by atoms with van der Waals surface area (Å²) >= 11 is 0. The summed E-state index contributed by atoms with van der Waals surface area (Å²) in [6, 6.07) is 0. The van der Waals surface area contributed by atoms with Crippen LogP contribution in [0.2, 0.25) is 0 Å². The summed E-state index contributed by atoms with van der Waals surface area (Å²) in [6.45, 7) is 10.5. The number of fused-ring (bicyclic) bond motifs is 1. The van der Waals surface area contributed by atoms with Crippen LogP contribution in [0.25, 0.3) is 0 Å². The first-order valence-corrected chi connectivity index (χ1v) is 6.19. The Kier molecular flexibility index (Phi) is 2.27. The molecular weight excluding hydrogens is 204 g/mol. The first-order valence-electron chi connectivity index (χ1n) is 6.19. The third-order valence-corrected chi connectivity index (χ3v) is 4.30. The fraction of sp³-hybridized carbons (Fsp3) is 0.917. The molecule has 4 heterocycles. The third-order valence-electron chi connectivity index (χ3n) is 4.30. The predicted octanol–water partition coefficient (Wildman–Crippen LogP) is 0.185. The molecule has 4 rings (SSSR count). The Bertz CT molecular complexity index is 302. The Hall–Kier alpha value is -0.610. The van der Waals surface area contributed by atoms with Crippen molar-refractivity contribution in [2.24, 2.45) is 11.3 Å². The van der Waals surface area contributed by atoms with Gasteiger partial charge in [0.15, 0.2) is 0 Å². The summed E-state index contributed by atoms with van der Waals surface area (Å²) in [6.07, 6.45) is 0.135. The van der Waals surface area contributed by atoms with Gasteiger partial charge in [0, 0.05) is 57.5 Å². The largest absolute Gasteiger partial charge is 0.461 e. The number of hydrogen-bond acceptors (Lipinski definition) is 4. The van der Waals surface area contributed by atoms with Crippen LogP contribution < -0.4 is 0 Å². The number of hydrogen-bond donors (Lipinski definition) is 0. The summed E-state index contributed by atoms with van der Waals surface area (Å²) in [4.78, 5) is 16.3. The van der Waals surface area contributed by atoms with E-state index in [-0.39, 0.29) is 17.5 Å². The highest BCUT2D eigenvalue weighted by molar-refractivity contribution is 5.66. The molecule has 3 atom stereocenters. The van der Waals surface area contributed by atoms with E-state index in [2.05, 4.69) is 16.7 Å². The second-order valence-corrected chi connectivity index (χ2v) is 5.91. The van der Waals surface area contributed by atoms with Crippen LogP contribution in [-0.2, 0) is 9.53 Å². The van der Waals surface area contributed by atoms with Crippen LogP contribution in [0.1, 0.15) is 13.8 Å². The van der Waals surface area contributed by atoms with Crippen LogP contribution in [0.4, 0.5) is 0 Å². The van der Waals surface area contributed by atoms with Gasteiger partial charge in [-0.3, -0.25) is 4.79 Å². The van der Waals surface area contributed by atoms with Crippen molar-refractivity contribution >= 4 is 5.97 Å². The maximum Gasteiger partial charge on any atom is 0.302 e. The molecule has 16 heavy (non-hydrogen) atoms. The fourth-order valence-electron chi connectivity index (χ4n) is 3.90. The summed E-state index contributed by atoms with van der Waals surface area (Å²) in [7, 11) is 0. The van der Waals surface area contributed by atoms with Crippen molar-refractivity contribution in [3.63, 3.8) is 0 Å². The zero-order valence-electron chi connectivity index (χ0n) is 10.1. The third kappa shape index (κ3) is 1.55. The van der Waals surface area contributed by atoms with Crippen LogP contribution in [0.5, 0.6) is 0 Å². The molecule has 3 unspecified atom stereocenters. The van der Waals surface area contributed by atoms with Crippen molar-refractivity contribution in [1.82, 2.24) is 9.80 Å². The Morgan fingerprint density at radius 1 is 1.25 bits per heavy atom. The minimum atomic E-state index is -0.123. The van der Waals surface area contributed by atoms with Crippen LogP contribution in [0.3, 0.4) is 0 Å². The standard InChI is InChI=1S/C12H20N2O2/c1-9(15)16-11-10-5-13-3-4-14(6-10)8-12(11,2)7-13/h10-11H,3-8H2,1-2H3. The van der Waals surface area contributed by atoms with Gasteiger partial charge in [0.05, 0.1) is 0 Å². The molecule has 0 N–H and O–H groups in total.